The third kappa shape index (κ3) is 2.16. The van der Waals surface area contributed by atoms with Crippen molar-refractivity contribution in [1.29, 1.82) is 0 Å². The summed E-state index contributed by atoms with van der Waals surface area (Å²) in [4.78, 5) is 16.7. The molecular formula is C16H16N4O. The molecule has 0 aliphatic rings. The molecule has 0 radical (unpaired) electrons. The van der Waals surface area contributed by atoms with Crippen LogP contribution >= 0.6 is 0 Å². The van der Waals surface area contributed by atoms with Gasteiger partial charge in [0.15, 0.2) is 11.6 Å². The van der Waals surface area contributed by atoms with E-state index in [-0.39, 0.29) is 11.7 Å². The molecule has 5 nitrogen and oxygen atoms in total. The van der Waals surface area contributed by atoms with Crippen LogP contribution in [0, 0.1) is 0 Å². The van der Waals surface area contributed by atoms with Crippen LogP contribution in [0.2, 0.25) is 0 Å². The Bertz CT molecular complexity index is 806. The number of fused-ring (bicyclic) bond motifs is 1. The van der Waals surface area contributed by atoms with Crippen LogP contribution in [0.1, 0.15) is 41.4 Å². The van der Waals surface area contributed by atoms with E-state index in [1.807, 2.05) is 24.3 Å². The Labute approximate surface area is 122 Å². The summed E-state index contributed by atoms with van der Waals surface area (Å²) in [5.41, 5.74) is 8.66. The second kappa shape index (κ2) is 5.01. The van der Waals surface area contributed by atoms with Crippen molar-refractivity contribution in [2.24, 2.45) is 0 Å². The molecule has 0 unspecified atom stereocenters. The van der Waals surface area contributed by atoms with E-state index < -0.39 is 0 Å². The van der Waals surface area contributed by atoms with E-state index in [1.165, 1.54) is 6.33 Å². The molecule has 3 aromatic rings. The van der Waals surface area contributed by atoms with Gasteiger partial charge in [-0.15, -0.1) is 0 Å². The fourth-order valence-corrected chi connectivity index (χ4v) is 2.42. The summed E-state index contributed by atoms with van der Waals surface area (Å²) in [5.74, 6) is 0.474. The maximum Gasteiger partial charge on any atom is 0.195 e. The van der Waals surface area contributed by atoms with E-state index in [9.17, 15) is 4.79 Å². The summed E-state index contributed by atoms with van der Waals surface area (Å²) in [7, 11) is 0. The van der Waals surface area contributed by atoms with Crippen LogP contribution in [0.4, 0.5) is 5.82 Å². The first kappa shape index (κ1) is 13.3. The number of nitrogen functional groups attached to an aromatic ring is 1. The zero-order valence-corrected chi connectivity index (χ0v) is 11.9. The number of hydrogen-bond acceptors (Lipinski definition) is 4. The number of aromatic nitrogens is 3. The van der Waals surface area contributed by atoms with Gasteiger partial charge >= 0.3 is 0 Å². The summed E-state index contributed by atoms with van der Waals surface area (Å²) in [6.45, 7) is 4.10. The number of hydrogen-bond donors (Lipinski definition) is 1. The Hall–Kier alpha value is -2.69. The first-order valence-corrected chi connectivity index (χ1v) is 6.81. The van der Waals surface area contributed by atoms with Crippen molar-refractivity contribution in [1.82, 2.24) is 14.6 Å². The predicted molar refractivity (Wildman–Crippen MR) is 81.4 cm³/mol. The lowest BCUT2D eigenvalue weighted by Crippen LogP contribution is -2.05. The van der Waals surface area contributed by atoms with Gasteiger partial charge in [-0.05, 0) is 12.0 Å². The van der Waals surface area contributed by atoms with Crippen LogP contribution in [0.5, 0.6) is 0 Å². The first-order chi connectivity index (χ1) is 10.1. The Balaban J connectivity index is 2.26. The number of benzene rings is 1. The van der Waals surface area contributed by atoms with Crippen molar-refractivity contribution >= 4 is 17.1 Å². The monoisotopic (exact) mass is 280 g/mol. The highest BCUT2D eigenvalue weighted by Crippen LogP contribution is 2.26. The number of nitrogens with zero attached hydrogens (tertiary/aromatic N) is 3. The van der Waals surface area contributed by atoms with Gasteiger partial charge in [0, 0.05) is 11.3 Å². The molecular weight excluding hydrogens is 264 g/mol. The van der Waals surface area contributed by atoms with E-state index in [1.54, 1.807) is 16.6 Å². The lowest BCUT2D eigenvalue weighted by atomic mass is 10.0. The number of nitrogens with two attached hydrogens (primary N) is 1. The van der Waals surface area contributed by atoms with Crippen molar-refractivity contribution in [2.45, 2.75) is 19.8 Å². The van der Waals surface area contributed by atoms with Gasteiger partial charge in [0.25, 0.3) is 0 Å². The molecule has 0 fully saturated rings. The van der Waals surface area contributed by atoms with E-state index >= 15 is 0 Å². The van der Waals surface area contributed by atoms with Crippen molar-refractivity contribution < 1.29 is 4.79 Å². The van der Waals surface area contributed by atoms with E-state index in [4.69, 9.17) is 5.73 Å². The fourth-order valence-electron chi connectivity index (χ4n) is 2.42. The standard InChI is InChI=1S/C16H16N4O/c1-10(2)13-8-12(14-16(17)18-9-19-20(13)14)15(21)11-6-4-3-5-7-11/h3-10H,1-2H3,(H2,17,18,19). The van der Waals surface area contributed by atoms with Crippen LogP contribution in [0.15, 0.2) is 42.7 Å². The minimum Gasteiger partial charge on any atom is -0.382 e. The average Bonchev–Trinajstić information content (AvgIpc) is 2.88. The smallest absolute Gasteiger partial charge is 0.195 e. The lowest BCUT2D eigenvalue weighted by molar-refractivity contribution is 0.104. The Kier molecular flexibility index (Phi) is 3.17. The van der Waals surface area contributed by atoms with Crippen LogP contribution in [0.3, 0.4) is 0 Å². The summed E-state index contributed by atoms with van der Waals surface area (Å²) >= 11 is 0. The van der Waals surface area contributed by atoms with Gasteiger partial charge in [-0.25, -0.2) is 9.50 Å². The average molecular weight is 280 g/mol. The molecule has 5 heteroatoms. The van der Waals surface area contributed by atoms with Crippen molar-refractivity contribution in [3.63, 3.8) is 0 Å². The molecule has 1 aromatic carbocycles. The highest BCUT2D eigenvalue weighted by atomic mass is 16.1. The summed E-state index contributed by atoms with van der Waals surface area (Å²) in [6, 6.07) is 11.0. The molecule has 0 saturated heterocycles. The fraction of sp³-hybridized carbons (Fsp3) is 0.188. The molecule has 0 spiro atoms. The highest BCUT2D eigenvalue weighted by Gasteiger charge is 2.21. The molecule has 2 aromatic heterocycles. The van der Waals surface area contributed by atoms with E-state index in [0.29, 0.717) is 22.5 Å². The normalized spacial score (nSPS) is 11.2. The third-order valence-electron chi connectivity index (χ3n) is 3.48. The van der Waals surface area contributed by atoms with Crippen molar-refractivity contribution in [3.05, 3.63) is 59.5 Å². The molecule has 3 rings (SSSR count). The van der Waals surface area contributed by atoms with Gasteiger partial charge in [-0.3, -0.25) is 4.79 Å². The molecule has 0 aliphatic carbocycles. The Morgan fingerprint density at radius 2 is 1.95 bits per heavy atom. The minimum absolute atomic E-state index is 0.0681. The van der Waals surface area contributed by atoms with Crippen molar-refractivity contribution in [2.75, 3.05) is 5.73 Å². The first-order valence-electron chi connectivity index (χ1n) is 6.81. The number of anilines is 1. The van der Waals surface area contributed by atoms with Gasteiger partial charge < -0.3 is 5.73 Å². The third-order valence-corrected chi connectivity index (χ3v) is 3.48. The number of carbonyl (C=O) groups is 1. The Morgan fingerprint density at radius 1 is 1.24 bits per heavy atom. The zero-order valence-electron chi connectivity index (χ0n) is 11.9. The minimum atomic E-state index is -0.0681. The molecule has 0 amide bonds. The molecule has 2 heterocycles. The lowest BCUT2D eigenvalue weighted by Gasteiger charge is -2.04. The van der Waals surface area contributed by atoms with Crippen LogP contribution in [0.25, 0.3) is 5.52 Å². The molecule has 2 N–H and O–H groups in total. The predicted octanol–water partition coefficient (Wildman–Crippen LogP) is 2.67. The van der Waals surface area contributed by atoms with Gasteiger partial charge in [0.2, 0.25) is 0 Å². The molecule has 0 bridgehead atoms. The van der Waals surface area contributed by atoms with Gasteiger partial charge in [0.05, 0.1) is 5.56 Å². The quantitative estimate of drug-likeness (QED) is 0.748. The maximum absolute atomic E-state index is 12.7. The van der Waals surface area contributed by atoms with Gasteiger partial charge in [0.1, 0.15) is 11.8 Å². The largest absolute Gasteiger partial charge is 0.382 e. The zero-order chi connectivity index (χ0) is 15.0. The topological polar surface area (TPSA) is 73.3 Å². The second-order valence-corrected chi connectivity index (χ2v) is 5.24. The summed E-state index contributed by atoms with van der Waals surface area (Å²) < 4.78 is 1.71. The summed E-state index contributed by atoms with van der Waals surface area (Å²) in [5, 5.41) is 4.23. The molecule has 0 aliphatic heterocycles. The molecule has 21 heavy (non-hydrogen) atoms. The second-order valence-electron chi connectivity index (χ2n) is 5.24. The molecule has 0 atom stereocenters. The summed E-state index contributed by atoms with van der Waals surface area (Å²) in [6.07, 6.45) is 1.41. The maximum atomic E-state index is 12.7. The number of rotatable bonds is 3. The Morgan fingerprint density at radius 3 is 2.62 bits per heavy atom. The van der Waals surface area contributed by atoms with Crippen LogP contribution in [-0.4, -0.2) is 20.4 Å². The van der Waals surface area contributed by atoms with Crippen LogP contribution < -0.4 is 5.73 Å². The van der Waals surface area contributed by atoms with E-state index in [2.05, 4.69) is 23.9 Å². The number of ketones is 1. The van der Waals surface area contributed by atoms with Crippen LogP contribution in [-0.2, 0) is 0 Å². The molecule has 0 saturated carbocycles. The SMILES string of the molecule is CC(C)c1cc(C(=O)c2ccccc2)c2c(N)ncnn12. The van der Waals surface area contributed by atoms with Gasteiger partial charge in [-0.2, -0.15) is 5.10 Å². The highest BCUT2D eigenvalue weighted by molar-refractivity contribution is 6.14. The van der Waals surface area contributed by atoms with Crippen molar-refractivity contribution in [3.8, 4) is 0 Å². The number of carbonyl (C=O) groups excluding carboxylic acids is 1. The molecule has 106 valence electrons. The van der Waals surface area contributed by atoms with Gasteiger partial charge in [-0.1, -0.05) is 44.2 Å². The van der Waals surface area contributed by atoms with E-state index in [0.717, 1.165) is 5.69 Å².